The Morgan fingerprint density at radius 3 is 2.50 bits per heavy atom. The molecule has 0 saturated carbocycles. The number of hydrogen-bond acceptors (Lipinski definition) is 1. The molecule has 1 aromatic heterocycles. The van der Waals surface area contributed by atoms with Gasteiger partial charge >= 0.3 is 0 Å². The predicted molar refractivity (Wildman–Crippen MR) is 50.6 cm³/mol. The van der Waals surface area contributed by atoms with E-state index in [-0.39, 0.29) is 0 Å². The van der Waals surface area contributed by atoms with Crippen molar-refractivity contribution in [2.75, 3.05) is 5.73 Å². The van der Waals surface area contributed by atoms with Gasteiger partial charge in [0.15, 0.2) is 0 Å². The summed E-state index contributed by atoms with van der Waals surface area (Å²) >= 11 is 0. The minimum Gasteiger partial charge on any atom is -0.398 e. The Labute approximate surface area is 71.0 Å². The molecule has 12 heavy (non-hydrogen) atoms. The largest absolute Gasteiger partial charge is 0.398 e. The average molecular weight is 158 g/mol. The minimum atomic E-state index is 0.806. The van der Waals surface area contributed by atoms with Gasteiger partial charge in [0, 0.05) is 23.1 Å². The van der Waals surface area contributed by atoms with Crippen molar-refractivity contribution in [2.24, 2.45) is 0 Å². The molecule has 0 aliphatic heterocycles. The molecular formula is C10H10N2. The molecule has 2 rings (SSSR count). The van der Waals surface area contributed by atoms with Crippen molar-refractivity contribution in [3.8, 4) is 11.3 Å². The SMILES string of the molecule is Nc1ccccc1-c1ccc[nH]1. The van der Waals surface area contributed by atoms with Gasteiger partial charge in [0.2, 0.25) is 0 Å². The highest BCUT2D eigenvalue weighted by Crippen LogP contribution is 2.22. The van der Waals surface area contributed by atoms with Crippen molar-refractivity contribution < 1.29 is 0 Å². The fourth-order valence-electron chi connectivity index (χ4n) is 1.24. The third-order valence-electron chi connectivity index (χ3n) is 1.85. The summed E-state index contributed by atoms with van der Waals surface area (Å²) in [5.41, 5.74) is 8.72. The zero-order valence-corrected chi connectivity index (χ0v) is 6.62. The number of H-pyrrole nitrogens is 1. The highest BCUT2D eigenvalue weighted by Gasteiger charge is 1.99. The number of para-hydroxylation sites is 1. The molecule has 2 nitrogen and oxygen atoms in total. The molecular weight excluding hydrogens is 148 g/mol. The second-order valence-corrected chi connectivity index (χ2v) is 2.67. The summed E-state index contributed by atoms with van der Waals surface area (Å²) in [6, 6.07) is 11.8. The van der Waals surface area contributed by atoms with E-state index in [9.17, 15) is 0 Å². The van der Waals surface area contributed by atoms with Gasteiger partial charge < -0.3 is 10.7 Å². The number of benzene rings is 1. The summed E-state index contributed by atoms with van der Waals surface area (Å²) in [7, 11) is 0. The van der Waals surface area contributed by atoms with Crippen LogP contribution in [0.1, 0.15) is 0 Å². The number of nitrogen functional groups attached to an aromatic ring is 1. The van der Waals surface area contributed by atoms with E-state index in [1.807, 2.05) is 42.6 Å². The highest BCUT2D eigenvalue weighted by atomic mass is 14.7. The fraction of sp³-hybridized carbons (Fsp3) is 0. The van der Waals surface area contributed by atoms with Crippen molar-refractivity contribution in [3.05, 3.63) is 42.6 Å². The van der Waals surface area contributed by atoms with Crippen LogP contribution >= 0.6 is 0 Å². The van der Waals surface area contributed by atoms with Crippen LogP contribution < -0.4 is 5.73 Å². The van der Waals surface area contributed by atoms with Crippen molar-refractivity contribution in [2.45, 2.75) is 0 Å². The normalized spacial score (nSPS) is 10.0. The van der Waals surface area contributed by atoms with E-state index < -0.39 is 0 Å². The maximum absolute atomic E-state index is 5.79. The maximum atomic E-state index is 5.79. The van der Waals surface area contributed by atoms with Crippen LogP contribution in [0.5, 0.6) is 0 Å². The van der Waals surface area contributed by atoms with Gasteiger partial charge in [0.05, 0.1) is 0 Å². The summed E-state index contributed by atoms with van der Waals surface area (Å²) in [5, 5.41) is 0. The van der Waals surface area contributed by atoms with Gasteiger partial charge in [-0.15, -0.1) is 0 Å². The zero-order chi connectivity index (χ0) is 8.39. The van der Waals surface area contributed by atoms with Crippen LogP contribution in [-0.4, -0.2) is 4.98 Å². The molecule has 0 atom stereocenters. The first-order valence-corrected chi connectivity index (χ1v) is 3.86. The van der Waals surface area contributed by atoms with E-state index in [4.69, 9.17) is 5.73 Å². The molecule has 3 N–H and O–H groups in total. The van der Waals surface area contributed by atoms with E-state index in [2.05, 4.69) is 4.98 Å². The zero-order valence-electron chi connectivity index (χ0n) is 6.62. The number of anilines is 1. The first kappa shape index (κ1) is 6.98. The predicted octanol–water partition coefficient (Wildman–Crippen LogP) is 2.26. The van der Waals surface area contributed by atoms with E-state index in [0.717, 1.165) is 16.9 Å². The monoisotopic (exact) mass is 158 g/mol. The number of hydrogen-bond donors (Lipinski definition) is 2. The van der Waals surface area contributed by atoms with Crippen LogP contribution in [0.25, 0.3) is 11.3 Å². The second kappa shape index (κ2) is 2.74. The first-order valence-electron chi connectivity index (χ1n) is 3.86. The number of nitrogens with two attached hydrogens (primary N) is 1. The molecule has 1 heterocycles. The van der Waals surface area contributed by atoms with E-state index in [1.165, 1.54) is 0 Å². The second-order valence-electron chi connectivity index (χ2n) is 2.67. The van der Waals surface area contributed by atoms with Crippen LogP contribution in [-0.2, 0) is 0 Å². The van der Waals surface area contributed by atoms with Crippen molar-refractivity contribution in [3.63, 3.8) is 0 Å². The molecule has 2 heteroatoms. The van der Waals surface area contributed by atoms with Gasteiger partial charge in [-0.05, 0) is 18.2 Å². The Morgan fingerprint density at radius 1 is 1.00 bits per heavy atom. The molecule has 0 fully saturated rings. The Morgan fingerprint density at radius 2 is 1.83 bits per heavy atom. The average Bonchev–Trinajstić information content (AvgIpc) is 2.57. The summed E-state index contributed by atoms with van der Waals surface area (Å²) < 4.78 is 0. The Hall–Kier alpha value is -1.70. The molecule has 0 amide bonds. The standard InChI is InChI=1S/C10H10N2/c11-9-5-2-1-4-8(9)10-6-3-7-12-10/h1-7,12H,11H2. The fourth-order valence-corrected chi connectivity index (χ4v) is 1.24. The van der Waals surface area contributed by atoms with E-state index in [1.54, 1.807) is 0 Å². The van der Waals surface area contributed by atoms with Gasteiger partial charge in [-0.2, -0.15) is 0 Å². The van der Waals surface area contributed by atoms with Gasteiger partial charge in [-0.3, -0.25) is 0 Å². The topological polar surface area (TPSA) is 41.8 Å². The minimum absolute atomic E-state index is 0.806. The summed E-state index contributed by atoms with van der Waals surface area (Å²) in [6.07, 6.45) is 1.89. The highest BCUT2D eigenvalue weighted by molar-refractivity contribution is 5.73. The van der Waals surface area contributed by atoms with Crippen LogP contribution in [0.2, 0.25) is 0 Å². The number of rotatable bonds is 1. The van der Waals surface area contributed by atoms with E-state index in [0.29, 0.717) is 0 Å². The lowest BCUT2D eigenvalue weighted by molar-refractivity contribution is 1.40. The quantitative estimate of drug-likeness (QED) is 0.614. The van der Waals surface area contributed by atoms with E-state index >= 15 is 0 Å². The Kier molecular flexibility index (Phi) is 1.59. The Balaban J connectivity index is 2.55. The number of aromatic amines is 1. The molecule has 0 aliphatic rings. The van der Waals surface area contributed by atoms with Crippen molar-refractivity contribution in [1.29, 1.82) is 0 Å². The molecule has 0 spiro atoms. The van der Waals surface area contributed by atoms with Crippen LogP contribution in [0.3, 0.4) is 0 Å². The van der Waals surface area contributed by atoms with Crippen molar-refractivity contribution >= 4 is 5.69 Å². The lowest BCUT2D eigenvalue weighted by atomic mass is 10.1. The van der Waals surface area contributed by atoms with Crippen LogP contribution in [0, 0.1) is 0 Å². The van der Waals surface area contributed by atoms with Crippen LogP contribution in [0.15, 0.2) is 42.6 Å². The van der Waals surface area contributed by atoms with Gasteiger partial charge in [0.25, 0.3) is 0 Å². The third-order valence-corrected chi connectivity index (χ3v) is 1.85. The molecule has 60 valence electrons. The molecule has 0 unspecified atom stereocenters. The lowest BCUT2D eigenvalue weighted by Crippen LogP contribution is -1.88. The molecule has 2 aromatic rings. The summed E-state index contributed by atoms with van der Waals surface area (Å²) in [6.45, 7) is 0. The van der Waals surface area contributed by atoms with Gasteiger partial charge in [-0.1, -0.05) is 18.2 Å². The number of aromatic nitrogens is 1. The molecule has 1 aromatic carbocycles. The first-order chi connectivity index (χ1) is 5.88. The summed E-state index contributed by atoms with van der Waals surface area (Å²) in [4.78, 5) is 3.11. The number of nitrogens with one attached hydrogen (secondary N) is 1. The Bertz CT molecular complexity index is 363. The molecule has 0 bridgehead atoms. The van der Waals surface area contributed by atoms with Crippen LogP contribution in [0.4, 0.5) is 5.69 Å². The van der Waals surface area contributed by atoms with Gasteiger partial charge in [-0.25, -0.2) is 0 Å². The van der Waals surface area contributed by atoms with Crippen molar-refractivity contribution in [1.82, 2.24) is 4.98 Å². The third kappa shape index (κ3) is 1.07. The molecule has 0 radical (unpaired) electrons. The van der Waals surface area contributed by atoms with Gasteiger partial charge in [0.1, 0.15) is 0 Å². The molecule has 0 saturated heterocycles. The maximum Gasteiger partial charge on any atom is 0.0474 e. The molecule has 0 aliphatic carbocycles. The summed E-state index contributed by atoms with van der Waals surface area (Å²) in [5.74, 6) is 0. The lowest BCUT2D eigenvalue weighted by Gasteiger charge is -2.01. The smallest absolute Gasteiger partial charge is 0.0474 e.